The van der Waals surface area contributed by atoms with Gasteiger partial charge in [0.1, 0.15) is 0 Å². The van der Waals surface area contributed by atoms with E-state index in [-0.39, 0.29) is 24.1 Å². The summed E-state index contributed by atoms with van der Waals surface area (Å²) >= 11 is 0. The summed E-state index contributed by atoms with van der Waals surface area (Å²) in [7, 11) is 1.40. The molecule has 100 valence electrons. The van der Waals surface area contributed by atoms with Gasteiger partial charge in [-0.05, 0) is 19.9 Å². The summed E-state index contributed by atoms with van der Waals surface area (Å²) < 4.78 is 5.02. The molecule has 0 aliphatic carbocycles. The van der Waals surface area contributed by atoms with Gasteiger partial charge in [0.2, 0.25) is 0 Å². The molecule has 1 aromatic rings. The Balaban J connectivity index is 3.13. The smallest absolute Gasteiger partial charge is 0.311 e. The molecule has 0 radical (unpaired) electrons. The van der Waals surface area contributed by atoms with E-state index in [9.17, 15) is 10.1 Å². The van der Waals surface area contributed by atoms with Crippen LogP contribution in [0, 0.1) is 10.1 Å². The highest BCUT2D eigenvalue weighted by Gasteiger charge is 2.18. The van der Waals surface area contributed by atoms with Crippen LogP contribution in [0.2, 0.25) is 0 Å². The van der Waals surface area contributed by atoms with Crippen molar-refractivity contribution in [1.29, 1.82) is 0 Å². The van der Waals surface area contributed by atoms with Gasteiger partial charge in [-0.15, -0.1) is 0 Å². The minimum absolute atomic E-state index is 0.0253. The third kappa shape index (κ3) is 3.10. The highest BCUT2D eigenvalue weighted by atomic mass is 16.6. The number of hydrogen-bond donors (Lipinski definition) is 1. The van der Waals surface area contributed by atoms with Gasteiger partial charge in [0, 0.05) is 30.4 Å². The normalized spacial score (nSPS) is 10.5. The molecule has 0 atom stereocenters. The first-order chi connectivity index (χ1) is 8.51. The maximum atomic E-state index is 10.8. The number of aliphatic hydroxyl groups excluding tert-OH is 1. The van der Waals surface area contributed by atoms with Gasteiger partial charge in [-0.3, -0.25) is 10.1 Å². The van der Waals surface area contributed by atoms with E-state index in [0.29, 0.717) is 6.54 Å². The molecule has 1 aromatic carbocycles. The Morgan fingerprint density at radius 3 is 2.61 bits per heavy atom. The summed E-state index contributed by atoms with van der Waals surface area (Å²) in [5.74, 6) is 0.223. The molecule has 0 amide bonds. The molecule has 0 aromatic heterocycles. The van der Waals surface area contributed by atoms with Crippen LogP contribution in [0.4, 0.5) is 11.4 Å². The molecule has 0 bridgehead atoms. The molecule has 6 heteroatoms. The van der Waals surface area contributed by atoms with Gasteiger partial charge >= 0.3 is 5.69 Å². The minimum atomic E-state index is -0.478. The summed E-state index contributed by atoms with van der Waals surface area (Å²) in [5, 5.41) is 19.8. The molecule has 0 fully saturated rings. The molecule has 18 heavy (non-hydrogen) atoms. The number of nitrogens with zero attached hydrogens (tertiary/aromatic N) is 2. The van der Waals surface area contributed by atoms with Gasteiger partial charge in [0.05, 0.1) is 18.6 Å². The summed E-state index contributed by atoms with van der Waals surface area (Å²) in [6, 6.07) is 4.88. The standard InChI is InChI=1S/C12H18N2O4/c1-9(2)13(6-7-15)10-4-5-11(14(16)17)12(8-10)18-3/h4-5,8-9,15H,6-7H2,1-3H3. The number of rotatable bonds is 6. The van der Waals surface area contributed by atoms with E-state index in [1.54, 1.807) is 12.1 Å². The van der Waals surface area contributed by atoms with Crippen molar-refractivity contribution in [2.45, 2.75) is 19.9 Å². The van der Waals surface area contributed by atoms with E-state index in [4.69, 9.17) is 9.84 Å². The largest absolute Gasteiger partial charge is 0.490 e. The Hall–Kier alpha value is -1.82. The number of benzene rings is 1. The fraction of sp³-hybridized carbons (Fsp3) is 0.500. The molecular formula is C12H18N2O4. The second kappa shape index (κ2) is 6.20. The van der Waals surface area contributed by atoms with E-state index in [0.717, 1.165) is 5.69 Å². The Morgan fingerprint density at radius 2 is 2.17 bits per heavy atom. The number of ether oxygens (including phenoxy) is 1. The average molecular weight is 254 g/mol. The predicted molar refractivity (Wildman–Crippen MR) is 69.2 cm³/mol. The molecule has 6 nitrogen and oxygen atoms in total. The van der Waals surface area contributed by atoms with Crippen LogP contribution in [0.25, 0.3) is 0 Å². The fourth-order valence-electron chi connectivity index (χ4n) is 1.79. The van der Waals surface area contributed by atoms with Crippen molar-refractivity contribution >= 4 is 11.4 Å². The van der Waals surface area contributed by atoms with E-state index in [1.165, 1.54) is 13.2 Å². The summed E-state index contributed by atoms with van der Waals surface area (Å²) in [6.45, 7) is 4.48. The second-order valence-electron chi connectivity index (χ2n) is 4.12. The molecule has 0 saturated carbocycles. The van der Waals surface area contributed by atoms with E-state index in [1.807, 2.05) is 18.7 Å². The SMILES string of the molecule is COc1cc(N(CCO)C(C)C)ccc1[N+](=O)[O-]. The van der Waals surface area contributed by atoms with Crippen LogP contribution >= 0.6 is 0 Å². The highest BCUT2D eigenvalue weighted by molar-refractivity contribution is 5.59. The number of hydrogen-bond acceptors (Lipinski definition) is 5. The molecule has 1 rings (SSSR count). The molecule has 0 aliphatic heterocycles. The zero-order chi connectivity index (χ0) is 13.7. The van der Waals surface area contributed by atoms with E-state index < -0.39 is 4.92 Å². The van der Waals surface area contributed by atoms with Crippen molar-refractivity contribution in [3.8, 4) is 5.75 Å². The molecule has 1 N–H and O–H groups in total. The molecule has 0 heterocycles. The zero-order valence-corrected chi connectivity index (χ0v) is 10.8. The van der Waals surface area contributed by atoms with Crippen LogP contribution in [-0.4, -0.2) is 36.3 Å². The summed E-state index contributed by atoms with van der Waals surface area (Å²) in [6.07, 6.45) is 0. The Kier molecular flexibility index (Phi) is 4.91. The van der Waals surface area contributed by atoms with Crippen LogP contribution in [0.5, 0.6) is 5.75 Å². The summed E-state index contributed by atoms with van der Waals surface area (Å²) in [5.41, 5.74) is 0.732. The van der Waals surface area contributed by atoms with Gasteiger partial charge in [0.15, 0.2) is 5.75 Å². The highest BCUT2D eigenvalue weighted by Crippen LogP contribution is 2.31. The molecule has 0 spiro atoms. The Labute approximate surface area is 106 Å². The van der Waals surface area contributed by atoms with Gasteiger partial charge in [0.25, 0.3) is 0 Å². The fourth-order valence-corrected chi connectivity index (χ4v) is 1.79. The lowest BCUT2D eigenvalue weighted by molar-refractivity contribution is -0.385. The Bertz CT molecular complexity index is 421. The third-order valence-electron chi connectivity index (χ3n) is 2.66. The quantitative estimate of drug-likeness (QED) is 0.619. The lowest BCUT2D eigenvalue weighted by Crippen LogP contribution is -2.33. The maximum Gasteiger partial charge on any atom is 0.311 e. The number of nitro groups is 1. The first kappa shape index (κ1) is 14.2. The van der Waals surface area contributed by atoms with Crippen molar-refractivity contribution in [2.24, 2.45) is 0 Å². The number of methoxy groups -OCH3 is 1. The van der Waals surface area contributed by atoms with Gasteiger partial charge in [-0.2, -0.15) is 0 Å². The van der Waals surface area contributed by atoms with Gasteiger partial charge < -0.3 is 14.7 Å². The zero-order valence-electron chi connectivity index (χ0n) is 10.8. The van der Waals surface area contributed by atoms with Crippen molar-refractivity contribution in [3.05, 3.63) is 28.3 Å². The lowest BCUT2D eigenvalue weighted by Gasteiger charge is -2.28. The van der Waals surface area contributed by atoms with Gasteiger partial charge in [-0.25, -0.2) is 0 Å². The number of anilines is 1. The van der Waals surface area contributed by atoms with Crippen molar-refractivity contribution < 1.29 is 14.8 Å². The van der Waals surface area contributed by atoms with Crippen molar-refractivity contribution in [1.82, 2.24) is 0 Å². The molecule has 0 saturated heterocycles. The Morgan fingerprint density at radius 1 is 1.50 bits per heavy atom. The van der Waals surface area contributed by atoms with E-state index in [2.05, 4.69) is 0 Å². The lowest BCUT2D eigenvalue weighted by atomic mass is 10.2. The van der Waals surface area contributed by atoms with E-state index >= 15 is 0 Å². The molecule has 0 unspecified atom stereocenters. The number of aliphatic hydroxyl groups is 1. The molecular weight excluding hydrogens is 236 g/mol. The average Bonchev–Trinajstić information content (AvgIpc) is 2.34. The van der Waals surface area contributed by atoms with Crippen molar-refractivity contribution in [2.75, 3.05) is 25.2 Å². The molecule has 0 aliphatic rings. The van der Waals surface area contributed by atoms with Crippen molar-refractivity contribution in [3.63, 3.8) is 0 Å². The summed E-state index contributed by atoms with van der Waals surface area (Å²) in [4.78, 5) is 12.3. The van der Waals surface area contributed by atoms with Crippen LogP contribution in [0.1, 0.15) is 13.8 Å². The second-order valence-corrected chi connectivity index (χ2v) is 4.12. The predicted octanol–water partition coefficient (Wildman–Crippen LogP) is 1.81. The van der Waals surface area contributed by atoms with Crippen LogP contribution in [0.3, 0.4) is 0 Å². The monoisotopic (exact) mass is 254 g/mol. The maximum absolute atomic E-state index is 10.8. The third-order valence-corrected chi connectivity index (χ3v) is 2.66. The minimum Gasteiger partial charge on any atom is -0.490 e. The first-order valence-corrected chi connectivity index (χ1v) is 5.71. The van der Waals surface area contributed by atoms with Crippen LogP contribution < -0.4 is 9.64 Å². The van der Waals surface area contributed by atoms with Crippen LogP contribution in [-0.2, 0) is 0 Å². The van der Waals surface area contributed by atoms with Crippen LogP contribution in [0.15, 0.2) is 18.2 Å². The first-order valence-electron chi connectivity index (χ1n) is 5.71. The topological polar surface area (TPSA) is 75.8 Å². The van der Waals surface area contributed by atoms with Gasteiger partial charge in [-0.1, -0.05) is 0 Å². The number of nitro benzene ring substituents is 1.